The van der Waals surface area contributed by atoms with Gasteiger partial charge in [0, 0.05) is 12.6 Å². The Kier molecular flexibility index (Phi) is 6.49. The third kappa shape index (κ3) is 5.83. The predicted octanol–water partition coefficient (Wildman–Crippen LogP) is 0.589. The monoisotopic (exact) mass is 266 g/mol. The fraction of sp³-hybridized carbons (Fsp3) is 0.500. The summed E-state index contributed by atoms with van der Waals surface area (Å²) in [4.78, 5) is 11.4. The van der Waals surface area contributed by atoms with Crippen LogP contribution in [-0.4, -0.2) is 36.3 Å². The summed E-state index contributed by atoms with van der Waals surface area (Å²) in [6.07, 6.45) is -1.50. The fourth-order valence-electron chi connectivity index (χ4n) is 1.61. The first kappa shape index (κ1) is 15.6. The first-order chi connectivity index (χ1) is 9.00. The number of carbonyl (C=O) groups excluding carboxylic acids is 1. The average molecular weight is 266 g/mol. The van der Waals surface area contributed by atoms with Crippen LogP contribution in [0.4, 0.5) is 0 Å². The van der Waals surface area contributed by atoms with Crippen molar-refractivity contribution < 1.29 is 14.6 Å². The zero-order chi connectivity index (χ0) is 14.3. The highest BCUT2D eigenvalue weighted by Crippen LogP contribution is 2.16. The van der Waals surface area contributed by atoms with Gasteiger partial charge in [0.2, 0.25) is 0 Å². The Labute approximate surface area is 113 Å². The smallest absolute Gasteiger partial charge is 0.251 e. The Morgan fingerprint density at radius 2 is 2.00 bits per heavy atom. The molecule has 4 N–H and O–H groups in total. The lowest BCUT2D eigenvalue weighted by Crippen LogP contribution is -2.36. The number of carbonyl (C=O) groups is 1. The topological polar surface area (TPSA) is 84.6 Å². The molecule has 0 saturated heterocycles. The van der Waals surface area contributed by atoms with Gasteiger partial charge in [-0.1, -0.05) is 44.2 Å². The molecule has 19 heavy (non-hydrogen) atoms. The lowest BCUT2D eigenvalue weighted by molar-refractivity contribution is -0.131. The minimum absolute atomic E-state index is 0.0578. The first-order valence-electron chi connectivity index (χ1n) is 6.38. The van der Waals surface area contributed by atoms with Crippen molar-refractivity contribution in [3.05, 3.63) is 35.9 Å². The molecule has 2 unspecified atom stereocenters. The van der Waals surface area contributed by atoms with Gasteiger partial charge in [-0.3, -0.25) is 4.79 Å². The number of rotatable bonds is 8. The Morgan fingerprint density at radius 1 is 1.37 bits per heavy atom. The summed E-state index contributed by atoms with van der Waals surface area (Å²) in [6, 6.07) is 9.30. The maximum Gasteiger partial charge on any atom is 0.251 e. The Hall–Kier alpha value is -1.43. The van der Waals surface area contributed by atoms with E-state index in [9.17, 15) is 9.90 Å². The second-order valence-electron chi connectivity index (χ2n) is 4.74. The molecule has 0 heterocycles. The zero-order valence-corrected chi connectivity index (χ0v) is 11.4. The van der Waals surface area contributed by atoms with E-state index >= 15 is 0 Å². The molecule has 5 heteroatoms. The standard InChI is InChI=1S/C14H22N2O3/c1-10(2)16-8-12(17)9-19-13(14(15)18)11-6-4-3-5-7-11/h3-7,10,12-13,16-17H,8-9H2,1-2H3,(H2,15,18). The number of aliphatic hydroxyl groups excluding tert-OH is 1. The Morgan fingerprint density at radius 3 is 2.53 bits per heavy atom. The lowest BCUT2D eigenvalue weighted by atomic mass is 10.1. The van der Waals surface area contributed by atoms with Crippen molar-refractivity contribution in [2.24, 2.45) is 5.73 Å². The zero-order valence-electron chi connectivity index (χ0n) is 11.4. The number of ether oxygens (including phenoxy) is 1. The molecule has 0 spiro atoms. The molecule has 1 amide bonds. The van der Waals surface area contributed by atoms with Gasteiger partial charge >= 0.3 is 0 Å². The number of primary amides is 1. The third-order valence-corrected chi connectivity index (χ3v) is 2.58. The van der Waals surface area contributed by atoms with Gasteiger partial charge in [-0.25, -0.2) is 0 Å². The Balaban J connectivity index is 2.49. The van der Waals surface area contributed by atoms with E-state index in [2.05, 4.69) is 5.32 Å². The van der Waals surface area contributed by atoms with Crippen LogP contribution in [0.15, 0.2) is 30.3 Å². The summed E-state index contributed by atoms with van der Waals surface area (Å²) in [5.41, 5.74) is 6.01. The SMILES string of the molecule is CC(C)NCC(O)COC(C(N)=O)c1ccccc1. The molecule has 106 valence electrons. The van der Waals surface area contributed by atoms with Crippen LogP contribution in [0.3, 0.4) is 0 Å². The van der Waals surface area contributed by atoms with E-state index in [0.717, 1.165) is 0 Å². The van der Waals surface area contributed by atoms with E-state index in [-0.39, 0.29) is 12.6 Å². The van der Waals surface area contributed by atoms with Gasteiger partial charge in [-0.05, 0) is 5.56 Å². The molecule has 0 radical (unpaired) electrons. The molecule has 2 atom stereocenters. The predicted molar refractivity (Wildman–Crippen MR) is 73.5 cm³/mol. The Bertz CT molecular complexity index is 382. The van der Waals surface area contributed by atoms with Gasteiger partial charge in [0.1, 0.15) is 0 Å². The van der Waals surface area contributed by atoms with Crippen molar-refractivity contribution in [3.8, 4) is 0 Å². The second kappa shape index (κ2) is 7.89. The van der Waals surface area contributed by atoms with E-state index in [1.165, 1.54) is 0 Å². The van der Waals surface area contributed by atoms with Crippen LogP contribution in [0, 0.1) is 0 Å². The van der Waals surface area contributed by atoms with E-state index in [1.54, 1.807) is 12.1 Å². The highest BCUT2D eigenvalue weighted by molar-refractivity contribution is 5.80. The van der Waals surface area contributed by atoms with Crippen molar-refractivity contribution in [2.75, 3.05) is 13.2 Å². The van der Waals surface area contributed by atoms with E-state index in [4.69, 9.17) is 10.5 Å². The highest BCUT2D eigenvalue weighted by Gasteiger charge is 2.19. The molecular weight excluding hydrogens is 244 g/mol. The number of nitrogens with two attached hydrogens (primary N) is 1. The molecule has 0 saturated carbocycles. The molecule has 0 aliphatic heterocycles. The average Bonchev–Trinajstić information content (AvgIpc) is 2.37. The number of amides is 1. The van der Waals surface area contributed by atoms with Crippen molar-refractivity contribution in [1.82, 2.24) is 5.32 Å². The van der Waals surface area contributed by atoms with Crippen molar-refractivity contribution in [3.63, 3.8) is 0 Å². The van der Waals surface area contributed by atoms with E-state index in [0.29, 0.717) is 12.1 Å². The maximum atomic E-state index is 11.4. The molecule has 1 aromatic carbocycles. The minimum atomic E-state index is -0.824. The molecule has 0 bridgehead atoms. The minimum Gasteiger partial charge on any atom is -0.389 e. The third-order valence-electron chi connectivity index (χ3n) is 2.58. The molecule has 1 aromatic rings. The van der Waals surface area contributed by atoms with E-state index in [1.807, 2.05) is 32.0 Å². The number of hydrogen-bond acceptors (Lipinski definition) is 4. The van der Waals surface area contributed by atoms with Gasteiger partial charge in [0.05, 0.1) is 12.7 Å². The van der Waals surface area contributed by atoms with Gasteiger partial charge in [-0.2, -0.15) is 0 Å². The normalized spacial score (nSPS) is 14.3. The van der Waals surface area contributed by atoms with Crippen LogP contribution in [0.25, 0.3) is 0 Å². The van der Waals surface area contributed by atoms with Crippen LogP contribution in [0.2, 0.25) is 0 Å². The van der Waals surface area contributed by atoms with Gasteiger partial charge in [-0.15, -0.1) is 0 Å². The van der Waals surface area contributed by atoms with Gasteiger partial charge in [0.25, 0.3) is 5.91 Å². The maximum absolute atomic E-state index is 11.4. The van der Waals surface area contributed by atoms with Crippen LogP contribution in [0.5, 0.6) is 0 Å². The number of benzene rings is 1. The summed E-state index contributed by atoms with van der Waals surface area (Å²) in [5, 5.41) is 12.8. The summed E-state index contributed by atoms with van der Waals surface area (Å²) in [5.74, 6) is -0.560. The van der Waals surface area contributed by atoms with Crippen molar-refractivity contribution in [1.29, 1.82) is 0 Å². The van der Waals surface area contributed by atoms with Crippen LogP contribution in [-0.2, 0) is 9.53 Å². The summed E-state index contributed by atoms with van der Waals surface area (Å²) < 4.78 is 5.42. The first-order valence-corrected chi connectivity index (χ1v) is 6.38. The van der Waals surface area contributed by atoms with E-state index < -0.39 is 18.1 Å². The van der Waals surface area contributed by atoms with Crippen LogP contribution >= 0.6 is 0 Å². The summed E-state index contributed by atoms with van der Waals surface area (Å²) >= 11 is 0. The molecule has 0 aliphatic carbocycles. The van der Waals surface area contributed by atoms with Crippen LogP contribution in [0.1, 0.15) is 25.5 Å². The summed E-state index contributed by atoms with van der Waals surface area (Å²) in [7, 11) is 0. The summed E-state index contributed by atoms with van der Waals surface area (Å²) in [6.45, 7) is 4.45. The molecule has 0 aliphatic rings. The van der Waals surface area contributed by atoms with Crippen LogP contribution < -0.4 is 11.1 Å². The second-order valence-corrected chi connectivity index (χ2v) is 4.74. The number of hydrogen-bond donors (Lipinski definition) is 3. The molecule has 0 fully saturated rings. The highest BCUT2D eigenvalue weighted by atomic mass is 16.5. The molecular formula is C14H22N2O3. The van der Waals surface area contributed by atoms with Gasteiger partial charge < -0.3 is 20.9 Å². The molecule has 0 aromatic heterocycles. The quantitative estimate of drug-likeness (QED) is 0.643. The van der Waals surface area contributed by atoms with Crippen molar-refractivity contribution >= 4 is 5.91 Å². The lowest BCUT2D eigenvalue weighted by Gasteiger charge is -2.19. The largest absolute Gasteiger partial charge is 0.389 e. The van der Waals surface area contributed by atoms with Crippen molar-refractivity contribution in [2.45, 2.75) is 32.1 Å². The number of aliphatic hydroxyl groups is 1. The van der Waals surface area contributed by atoms with Gasteiger partial charge in [0.15, 0.2) is 6.10 Å². The molecule has 5 nitrogen and oxygen atoms in total. The number of nitrogens with one attached hydrogen (secondary N) is 1. The molecule has 1 rings (SSSR count). The fourth-order valence-corrected chi connectivity index (χ4v) is 1.61.